The first kappa shape index (κ1) is 13.1. The molecule has 0 saturated carbocycles. The van der Waals surface area contributed by atoms with Crippen LogP contribution in [0, 0.1) is 11.3 Å². The topological polar surface area (TPSA) is 65.2 Å². The van der Waals surface area contributed by atoms with Gasteiger partial charge in [-0.3, -0.25) is 9.47 Å². The molecule has 1 aromatic rings. The molecule has 2 fully saturated rings. The van der Waals surface area contributed by atoms with E-state index in [1.807, 2.05) is 11.0 Å². The number of carbonyl (C=O) groups is 1. The summed E-state index contributed by atoms with van der Waals surface area (Å²) in [5.74, 6) is 0. The van der Waals surface area contributed by atoms with E-state index in [1.165, 1.54) is 17.1 Å². The molecule has 3 heterocycles. The minimum atomic E-state index is -0.0594. The van der Waals surface area contributed by atoms with E-state index in [1.54, 1.807) is 0 Å². The number of amides is 1. The van der Waals surface area contributed by atoms with Gasteiger partial charge in [0.15, 0.2) is 5.69 Å². The summed E-state index contributed by atoms with van der Waals surface area (Å²) in [5, 5.41) is 8.79. The van der Waals surface area contributed by atoms with Crippen molar-refractivity contribution < 1.29 is 4.79 Å². The summed E-state index contributed by atoms with van der Waals surface area (Å²) in [7, 11) is 0. The Bertz CT molecular complexity index is 572. The molecule has 20 heavy (non-hydrogen) atoms. The Morgan fingerprint density at radius 1 is 1.45 bits per heavy atom. The highest BCUT2D eigenvalue weighted by molar-refractivity contribution is 5.79. The van der Waals surface area contributed by atoms with Crippen molar-refractivity contribution in [2.75, 3.05) is 19.6 Å². The zero-order chi connectivity index (χ0) is 14.3. The number of imidazole rings is 1. The fraction of sp³-hybridized carbons (Fsp3) is 0.643. The van der Waals surface area contributed by atoms with Gasteiger partial charge in [0, 0.05) is 25.7 Å². The standard InChI is InChI=1S/C14H19N5O/c1-11(2)17-5-3-14(9-17)4-6-19(14)13(20)18-8-12(7-15)16-10-18/h8,10-11H,3-6,9H2,1-2H3. The average Bonchev–Trinajstić information content (AvgIpc) is 3.05. The highest BCUT2D eigenvalue weighted by Gasteiger charge is 2.51. The smallest absolute Gasteiger partial charge is 0.317 e. The highest BCUT2D eigenvalue weighted by atomic mass is 16.2. The summed E-state index contributed by atoms with van der Waals surface area (Å²) >= 11 is 0. The maximum absolute atomic E-state index is 12.5. The molecule has 6 heteroatoms. The number of hydrogen-bond donors (Lipinski definition) is 0. The predicted molar refractivity (Wildman–Crippen MR) is 73.1 cm³/mol. The molecule has 6 nitrogen and oxygen atoms in total. The Kier molecular flexibility index (Phi) is 3.02. The van der Waals surface area contributed by atoms with Crippen molar-refractivity contribution in [2.24, 2.45) is 0 Å². The van der Waals surface area contributed by atoms with Gasteiger partial charge in [0.25, 0.3) is 0 Å². The normalized spacial score (nSPS) is 26.0. The second kappa shape index (κ2) is 4.60. The van der Waals surface area contributed by atoms with Crippen LogP contribution in [0.2, 0.25) is 0 Å². The third-order valence-corrected chi connectivity index (χ3v) is 4.61. The quantitative estimate of drug-likeness (QED) is 0.773. The zero-order valence-electron chi connectivity index (χ0n) is 11.9. The number of hydrogen-bond acceptors (Lipinski definition) is 4. The summed E-state index contributed by atoms with van der Waals surface area (Å²) in [4.78, 5) is 20.8. The molecule has 1 unspecified atom stereocenters. The Morgan fingerprint density at radius 2 is 2.20 bits per heavy atom. The number of nitriles is 1. The van der Waals surface area contributed by atoms with Gasteiger partial charge in [-0.25, -0.2) is 9.78 Å². The van der Waals surface area contributed by atoms with Gasteiger partial charge in [-0.2, -0.15) is 5.26 Å². The lowest BCUT2D eigenvalue weighted by Crippen LogP contribution is -2.64. The fourth-order valence-electron chi connectivity index (χ4n) is 3.22. The maximum Gasteiger partial charge on any atom is 0.329 e. The van der Waals surface area contributed by atoms with E-state index >= 15 is 0 Å². The van der Waals surface area contributed by atoms with E-state index in [0.717, 1.165) is 32.5 Å². The number of likely N-dealkylation sites (tertiary alicyclic amines) is 2. The Hall–Kier alpha value is -1.87. The average molecular weight is 273 g/mol. The minimum Gasteiger partial charge on any atom is -0.317 e. The molecular weight excluding hydrogens is 254 g/mol. The molecule has 0 N–H and O–H groups in total. The lowest BCUT2D eigenvalue weighted by atomic mass is 9.84. The molecule has 106 valence electrons. The number of carbonyl (C=O) groups excluding carboxylic acids is 1. The molecule has 0 aromatic carbocycles. The van der Waals surface area contributed by atoms with E-state index in [4.69, 9.17) is 5.26 Å². The molecule has 3 rings (SSSR count). The summed E-state index contributed by atoms with van der Waals surface area (Å²) < 4.78 is 1.43. The van der Waals surface area contributed by atoms with Gasteiger partial charge >= 0.3 is 6.03 Å². The monoisotopic (exact) mass is 273 g/mol. The molecule has 2 aliphatic heterocycles. The molecule has 0 aliphatic carbocycles. The summed E-state index contributed by atoms with van der Waals surface area (Å²) in [6, 6.07) is 2.41. The van der Waals surface area contributed by atoms with Crippen LogP contribution in [-0.2, 0) is 0 Å². The van der Waals surface area contributed by atoms with Gasteiger partial charge in [-0.15, -0.1) is 0 Å². The maximum atomic E-state index is 12.5. The van der Waals surface area contributed by atoms with E-state index < -0.39 is 0 Å². The van der Waals surface area contributed by atoms with Crippen molar-refractivity contribution in [1.29, 1.82) is 5.26 Å². The van der Waals surface area contributed by atoms with Gasteiger partial charge in [0.2, 0.25) is 0 Å². The number of rotatable bonds is 1. The Balaban J connectivity index is 1.75. The molecular formula is C14H19N5O. The van der Waals surface area contributed by atoms with Gasteiger partial charge in [0.1, 0.15) is 12.4 Å². The van der Waals surface area contributed by atoms with Gasteiger partial charge < -0.3 is 4.90 Å². The first-order chi connectivity index (χ1) is 9.55. The van der Waals surface area contributed by atoms with Crippen LogP contribution < -0.4 is 0 Å². The van der Waals surface area contributed by atoms with Gasteiger partial charge in [-0.05, 0) is 26.7 Å². The number of aromatic nitrogens is 2. The van der Waals surface area contributed by atoms with Crippen molar-refractivity contribution in [2.45, 2.75) is 38.3 Å². The van der Waals surface area contributed by atoms with Crippen molar-refractivity contribution >= 4 is 6.03 Å². The lowest BCUT2D eigenvalue weighted by molar-refractivity contribution is 0.0288. The predicted octanol–water partition coefficient (Wildman–Crippen LogP) is 1.28. The van der Waals surface area contributed by atoms with Crippen LogP contribution in [0.25, 0.3) is 0 Å². The minimum absolute atomic E-state index is 0.00156. The van der Waals surface area contributed by atoms with Crippen LogP contribution in [0.4, 0.5) is 4.79 Å². The van der Waals surface area contributed by atoms with E-state index in [9.17, 15) is 4.79 Å². The van der Waals surface area contributed by atoms with Crippen molar-refractivity contribution in [1.82, 2.24) is 19.4 Å². The van der Waals surface area contributed by atoms with Crippen LogP contribution >= 0.6 is 0 Å². The molecule has 2 aliphatic rings. The van der Waals surface area contributed by atoms with Crippen molar-refractivity contribution in [3.05, 3.63) is 18.2 Å². The van der Waals surface area contributed by atoms with Crippen LogP contribution in [0.3, 0.4) is 0 Å². The SMILES string of the molecule is CC(C)N1CCC2(CCN2C(=O)n2cnc(C#N)c2)C1. The Morgan fingerprint density at radius 3 is 2.70 bits per heavy atom. The largest absolute Gasteiger partial charge is 0.329 e. The highest BCUT2D eigenvalue weighted by Crippen LogP contribution is 2.40. The van der Waals surface area contributed by atoms with E-state index in [-0.39, 0.29) is 17.3 Å². The summed E-state index contributed by atoms with van der Waals surface area (Å²) in [5.41, 5.74) is 0.279. The van der Waals surface area contributed by atoms with E-state index in [2.05, 4.69) is 23.7 Å². The second-order valence-corrected chi connectivity index (χ2v) is 6.00. The molecule has 1 aromatic heterocycles. The number of nitrogens with zero attached hydrogens (tertiary/aromatic N) is 5. The molecule has 2 saturated heterocycles. The molecule has 1 spiro atoms. The molecule has 1 atom stereocenters. The van der Waals surface area contributed by atoms with E-state index in [0.29, 0.717) is 6.04 Å². The third-order valence-electron chi connectivity index (χ3n) is 4.61. The second-order valence-electron chi connectivity index (χ2n) is 6.00. The van der Waals surface area contributed by atoms with Gasteiger partial charge in [-0.1, -0.05) is 0 Å². The van der Waals surface area contributed by atoms with Gasteiger partial charge in [0.05, 0.1) is 11.7 Å². The van der Waals surface area contributed by atoms with Crippen molar-refractivity contribution in [3.63, 3.8) is 0 Å². The van der Waals surface area contributed by atoms with Crippen LogP contribution in [0.15, 0.2) is 12.5 Å². The summed E-state index contributed by atoms with van der Waals surface area (Å²) in [6.45, 7) is 7.19. The van der Waals surface area contributed by atoms with Crippen LogP contribution in [-0.4, -0.2) is 56.6 Å². The molecule has 0 bridgehead atoms. The first-order valence-electron chi connectivity index (χ1n) is 7.06. The van der Waals surface area contributed by atoms with Crippen LogP contribution in [0.5, 0.6) is 0 Å². The zero-order valence-corrected chi connectivity index (χ0v) is 11.9. The van der Waals surface area contributed by atoms with Crippen LogP contribution in [0.1, 0.15) is 32.4 Å². The Labute approximate surface area is 118 Å². The third kappa shape index (κ3) is 1.90. The first-order valence-corrected chi connectivity index (χ1v) is 7.06. The lowest BCUT2D eigenvalue weighted by Gasteiger charge is -2.50. The summed E-state index contributed by atoms with van der Waals surface area (Å²) in [6.07, 6.45) is 5.05. The van der Waals surface area contributed by atoms with Crippen molar-refractivity contribution in [3.8, 4) is 6.07 Å². The fourth-order valence-corrected chi connectivity index (χ4v) is 3.22. The molecule has 0 radical (unpaired) electrons. The molecule has 1 amide bonds.